The number of nitrogens with zero attached hydrogens (tertiary/aromatic N) is 1. The first-order chi connectivity index (χ1) is 9.68. The van der Waals surface area contributed by atoms with Crippen LogP contribution in [-0.2, 0) is 21.2 Å². The zero-order valence-corrected chi connectivity index (χ0v) is 13.5. The Balaban J connectivity index is 3.34. The molecule has 1 aromatic carbocycles. The third kappa shape index (κ3) is 4.44. The van der Waals surface area contributed by atoms with Crippen molar-refractivity contribution < 1.29 is 13.2 Å². The molecule has 0 saturated heterocycles. The van der Waals surface area contributed by atoms with Crippen LogP contribution in [0.1, 0.15) is 26.3 Å². The minimum absolute atomic E-state index is 0.0743. The molecule has 118 valence electrons. The normalized spacial score (nSPS) is 12.0. The summed E-state index contributed by atoms with van der Waals surface area (Å²) in [6.07, 6.45) is 0.556. The van der Waals surface area contributed by atoms with Crippen molar-refractivity contribution in [2.75, 3.05) is 18.8 Å². The van der Waals surface area contributed by atoms with E-state index in [1.807, 2.05) is 20.8 Å². The lowest BCUT2D eigenvalue weighted by atomic mass is 10.1. The van der Waals surface area contributed by atoms with Crippen molar-refractivity contribution in [2.45, 2.75) is 32.1 Å². The Hall–Kier alpha value is -1.60. The molecule has 1 amide bonds. The van der Waals surface area contributed by atoms with E-state index in [0.29, 0.717) is 17.7 Å². The zero-order valence-electron chi connectivity index (χ0n) is 12.7. The van der Waals surface area contributed by atoms with Crippen molar-refractivity contribution in [3.05, 3.63) is 23.8 Å². The molecule has 6 nitrogen and oxygen atoms in total. The van der Waals surface area contributed by atoms with Crippen LogP contribution in [0, 0.1) is 5.92 Å². The largest absolute Gasteiger partial charge is 0.399 e. The summed E-state index contributed by atoms with van der Waals surface area (Å²) in [7, 11) is -3.80. The first kappa shape index (κ1) is 17.5. The average molecular weight is 313 g/mol. The van der Waals surface area contributed by atoms with E-state index in [4.69, 9.17) is 11.5 Å². The van der Waals surface area contributed by atoms with Crippen molar-refractivity contribution in [3.8, 4) is 0 Å². The first-order valence-electron chi connectivity index (χ1n) is 6.85. The van der Waals surface area contributed by atoms with E-state index in [-0.39, 0.29) is 23.9 Å². The number of nitrogen functional groups attached to an aromatic ring is 1. The fourth-order valence-corrected chi connectivity index (χ4v) is 3.97. The van der Waals surface area contributed by atoms with Gasteiger partial charge in [-0.1, -0.05) is 26.8 Å². The Morgan fingerprint density at radius 2 is 1.95 bits per heavy atom. The number of anilines is 1. The van der Waals surface area contributed by atoms with Crippen LogP contribution in [0.5, 0.6) is 0 Å². The third-order valence-electron chi connectivity index (χ3n) is 2.99. The van der Waals surface area contributed by atoms with Crippen molar-refractivity contribution >= 4 is 21.6 Å². The van der Waals surface area contributed by atoms with Gasteiger partial charge in [0.05, 0.1) is 11.4 Å². The van der Waals surface area contributed by atoms with Gasteiger partial charge in [0, 0.05) is 12.2 Å². The maximum absolute atomic E-state index is 12.8. The maximum atomic E-state index is 12.8. The molecule has 0 spiro atoms. The van der Waals surface area contributed by atoms with E-state index in [0.717, 1.165) is 4.31 Å². The maximum Gasteiger partial charge on any atom is 0.243 e. The number of sulfonamides is 1. The van der Waals surface area contributed by atoms with Crippen molar-refractivity contribution in [2.24, 2.45) is 11.7 Å². The average Bonchev–Trinajstić information content (AvgIpc) is 2.36. The van der Waals surface area contributed by atoms with Gasteiger partial charge in [-0.2, -0.15) is 4.31 Å². The highest BCUT2D eigenvalue weighted by Gasteiger charge is 2.28. The molecule has 4 N–H and O–H groups in total. The number of rotatable bonds is 7. The van der Waals surface area contributed by atoms with E-state index >= 15 is 0 Å². The highest BCUT2D eigenvalue weighted by Crippen LogP contribution is 2.24. The molecule has 0 aliphatic carbocycles. The van der Waals surface area contributed by atoms with Gasteiger partial charge in [-0.15, -0.1) is 0 Å². The van der Waals surface area contributed by atoms with Gasteiger partial charge in [-0.25, -0.2) is 8.42 Å². The second-order valence-corrected chi connectivity index (χ2v) is 7.28. The molecule has 0 aliphatic heterocycles. The molecule has 1 aromatic rings. The number of carbonyl (C=O) groups is 1. The molecule has 7 heteroatoms. The van der Waals surface area contributed by atoms with Gasteiger partial charge in [0.25, 0.3) is 0 Å². The molecule has 0 radical (unpaired) electrons. The number of hydrogen-bond donors (Lipinski definition) is 2. The molecule has 0 aliphatic rings. The number of benzene rings is 1. The van der Waals surface area contributed by atoms with E-state index in [1.54, 1.807) is 12.1 Å². The van der Waals surface area contributed by atoms with Crippen LogP contribution in [0.2, 0.25) is 0 Å². The summed E-state index contributed by atoms with van der Waals surface area (Å²) in [6.45, 7) is 5.51. The molecule has 21 heavy (non-hydrogen) atoms. The topological polar surface area (TPSA) is 106 Å². The number of amides is 1. The minimum Gasteiger partial charge on any atom is -0.399 e. The monoisotopic (exact) mass is 313 g/mol. The predicted octanol–water partition coefficient (Wildman–Crippen LogP) is 0.963. The Morgan fingerprint density at radius 3 is 2.43 bits per heavy atom. The summed E-state index contributed by atoms with van der Waals surface area (Å²) in [5, 5.41) is 0. The van der Waals surface area contributed by atoms with Crippen molar-refractivity contribution in [1.29, 1.82) is 0 Å². The van der Waals surface area contributed by atoms with Gasteiger partial charge < -0.3 is 11.5 Å². The molecule has 0 heterocycles. The Labute approximate surface area is 126 Å². The summed E-state index contributed by atoms with van der Waals surface area (Å²) in [5.41, 5.74) is 11.9. The smallest absolute Gasteiger partial charge is 0.243 e. The van der Waals surface area contributed by atoms with Crippen molar-refractivity contribution in [3.63, 3.8) is 0 Å². The highest BCUT2D eigenvalue weighted by atomic mass is 32.2. The van der Waals surface area contributed by atoms with Gasteiger partial charge in [0.1, 0.15) is 0 Å². The van der Waals surface area contributed by atoms with Gasteiger partial charge in [0.2, 0.25) is 15.9 Å². The summed E-state index contributed by atoms with van der Waals surface area (Å²) >= 11 is 0. The zero-order chi connectivity index (χ0) is 16.2. The highest BCUT2D eigenvalue weighted by molar-refractivity contribution is 7.89. The molecule has 0 bridgehead atoms. The summed E-state index contributed by atoms with van der Waals surface area (Å²) in [5.74, 6) is -0.605. The third-order valence-corrected chi connectivity index (χ3v) is 4.88. The molecule has 0 fully saturated rings. The van der Waals surface area contributed by atoms with Crippen LogP contribution in [0.15, 0.2) is 23.1 Å². The number of nitrogens with two attached hydrogens (primary N) is 2. The molecule has 1 rings (SSSR count). The van der Waals surface area contributed by atoms with Gasteiger partial charge in [0.15, 0.2) is 0 Å². The predicted molar refractivity (Wildman–Crippen MR) is 83.0 cm³/mol. The van der Waals surface area contributed by atoms with E-state index in [1.165, 1.54) is 6.07 Å². The Morgan fingerprint density at radius 1 is 1.33 bits per heavy atom. The van der Waals surface area contributed by atoms with Crippen LogP contribution in [0.25, 0.3) is 0 Å². The summed E-state index contributed by atoms with van der Waals surface area (Å²) < 4.78 is 26.7. The Bertz CT molecular complexity index is 612. The molecule has 0 saturated carbocycles. The van der Waals surface area contributed by atoms with Gasteiger partial charge in [-0.3, -0.25) is 4.79 Å². The standard InChI is InChI=1S/C14H23N3O3S/c1-4-11-5-6-12(15)7-13(11)21(19,20)17(8-10(2)3)9-14(16)18/h5-7,10H,4,8-9,15H2,1-3H3,(H2,16,18). The van der Waals surface area contributed by atoms with Crippen LogP contribution < -0.4 is 11.5 Å². The lowest BCUT2D eigenvalue weighted by molar-refractivity contribution is -0.118. The van der Waals surface area contributed by atoms with E-state index < -0.39 is 15.9 Å². The molecular weight excluding hydrogens is 290 g/mol. The van der Waals surface area contributed by atoms with E-state index in [9.17, 15) is 13.2 Å². The number of aryl methyl sites for hydroxylation is 1. The lowest BCUT2D eigenvalue weighted by Gasteiger charge is -2.24. The first-order valence-corrected chi connectivity index (χ1v) is 8.29. The summed E-state index contributed by atoms with van der Waals surface area (Å²) in [4.78, 5) is 11.3. The Kier molecular flexibility index (Phi) is 5.74. The quantitative estimate of drug-likeness (QED) is 0.731. The van der Waals surface area contributed by atoms with Crippen molar-refractivity contribution in [1.82, 2.24) is 4.31 Å². The summed E-state index contributed by atoms with van der Waals surface area (Å²) in [6, 6.07) is 4.79. The number of primary amides is 1. The molecule has 0 atom stereocenters. The number of hydrogen-bond acceptors (Lipinski definition) is 4. The van der Waals surface area contributed by atoms with Crippen LogP contribution >= 0.6 is 0 Å². The second-order valence-electron chi connectivity index (χ2n) is 5.38. The van der Waals surface area contributed by atoms with Gasteiger partial charge >= 0.3 is 0 Å². The van der Waals surface area contributed by atoms with Crippen LogP contribution in [0.4, 0.5) is 5.69 Å². The fourth-order valence-electron chi connectivity index (χ4n) is 2.07. The van der Waals surface area contributed by atoms with Gasteiger partial charge in [-0.05, 0) is 30.0 Å². The fraction of sp³-hybridized carbons (Fsp3) is 0.500. The van der Waals surface area contributed by atoms with Crippen LogP contribution in [0.3, 0.4) is 0 Å². The SMILES string of the molecule is CCc1ccc(N)cc1S(=O)(=O)N(CC(N)=O)CC(C)C. The second kappa shape index (κ2) is 6.91. The molecular formula is C14H23N3O3S. The van der Waals surface area contributed by atoms with E-state index in [2.05, 4.69) is 0 Å². The number of carbonyl (C=O) groups excluding carboxylic acids is 1. The van der Waals surface area contributed by atoms with Crippen LogP contribution in [-0.4, -0.2) is 31.7 Å². The molecule has 0 unspecified atom stereocenters. The molecule has 0 aromatic heterocycles. The minimum atomic E-state index is -3.80. The lowest BCUT2D eigenvalue weighted by Crippen LogP contribution is -2.40.